The van der Waals surface area contributed by atoms with Crippen molar-refractivity contribution < 1.29 is 19.5 Å². The summed E-state index contributed by atoms with van der Waals surface area (Å²) < 4.78 is 0. The molecule has 0 spiro atoms. The zero-order chi connectivity index (χ0) is 19.1. The number of hydrogen-bond acceptors (Lipinski definition) is 4. The molecular formula is C22H15NO4. The molecule has 4 rings (SSSR count). The van der Waals surface area contributed by atoms with Gasteiger partial charge >= 0.3 is 5.97 Å². The van der Waals surface area contributed by atoms with Gasteiger partial charge in [-0.15, -0.1) is 0 Å². The van der Waals surface area contributed by atoms with Crippen molar-refractivity contribution in [3.63, 3.8) is 0 Å². The van der Waals surface area contributed by atoms with E-state index in [1.54, 1.807) is 30.3 Å². The highest BCUT2D eigenvalue weighted by molar-refractivity contribution is 6.31. The minimum absolute atomic E-state index is 0.0595. The number of aryl methyl sites for hydroxylation is 1. The van der Waals surface area contributed by atoms with Crippen molar-refractivity contribution in [1.82, 2.24) is 0 Å². The Morgan fingerprint density at radius 1 is 0.852 bits per heavy atom. The molecule has 1 aliphatic rings. The van der Waals surface area contributed by atoms with Gasteiger partial charge in [-0.3, -0.25) is 9.59 Å². The van der Waals surface area contributed by atoms with Crippen LogP contribution in [0.1, 0.15) is 47.8 Å². The minimum Gasteiger partial charge on any atom is -0.478 e. The Hall–Kier alpha value is -3.73. The van der Waals surface area contributed by atoms with E-state index < -0.39 is 5.97 Å². The number of carbonyl (C=O) groups is 3. The summed E-state index contributed by atoms with van der Waals surface area (Å²) in [6.07, 6.45) is 0. The lowest BCUT2D eigenvalue weighted by atomic mass is 9.82. The highest BCUT2D eigenvalue weighted by Gasteiger charge is 2.33. The van der Waals surface area contributed by atoms with Gasteiger partial charge in [-0.2, -0.15) is 0 Å². The maximum atomic E-state index is 13.1. The molecule has 27 heavy (non-hydrogen) atoms. The Morgan fingerprint density at radius 2 is 1.56 bits per heavy atom. The zero-order valence-corrected chi connectivity index (χ0v) is 14.4. The molecule has 0 bridgehead atoms. The highest BCUT2D eigenvalue weighted by atomic mass is 16.4. The first kappa shape index (κ1) is 16.7. The molecule has 1 aliphatic carbocycles. The molecule has 0 atom stereocenters. The van der Waals surface area contributed by atoms with Gasteiger partial charge in [0.2, 0.25) is 0 Å². The van der Waals surface area contributed by atoms with E-state index in [1.165, 1.54) is 12.1 Å². The van der Waals surface area contributed by atoms with Crippen molar-refractivity contribution >= 4 is 28.9 Å². The fourth-order valence-corrected chi connectivity index (χ4v) is 3.36. The first-order valence-corrected chi connectivity index (χ1v) is 8.40. The lowest BCUT2D eigenvalue weighted by Gasteiger charge is -2.22. The molecule has 2 N–H and O–H groups in total. The molecule has 0 saturated carbocycles. The van der Waals surface area contributed by atoms with Gasteiger partial charge in [-0.1, -0.05) is 36.4 Å². The molecule has 0 aliphatic heterocycles. The van der Waals surface area contributed by atoms with Gasteiger partial charge in [0.25, 0.3) is 0 Å². The van der Waals surface area contributed by atoms with Crippen LogP contribution in [0, 0.1) is 6.92 Å². The number of fused-ring (bicyclic) bond motifs is 2. The number of hydrogen-bond donors (Lipinski definition) is 2. The van der Waals surface area contributed by atoms with E-state index in [-0.39, 0.29) is 39.5 Å². The number of nitrogens with one attached hydrogen (secondary N) is 1. The Balaban J connectivity index is 1.96. The van der Waals surface area contributed by atoms with Crippen molar-refractivity contribution in [2.75, 3.05) is 5.32 Å². The molecule has 0 unspecified atom stereocenters. The third-order valence-corrected chi connectivity index (χ3v) is 4.61. The molecule has 0 saturated heterocycles. The largest absolute Gasteiger partial charge is 0.478 e. The SMILES string of the molecule is Cc1cccc(Nc2c(C(=O)O)ccc3c2C(=O)c2ccccc2C3=O)c1. The van der Waals surface area contributed by atoms with E-state index in [1.807, 2.05) is 25.1 Å². The van der Waals surface area contributed by atoms with Crippen molar-refractivity contribution in [1.29, 1.82) is 0 Å². The van der Waals surface area contributed by atoms with Crippen LogP contribution >= 0.6 is 0 Å². The molecule has 0 amide bonds. The molecule has 3 aromatic carbocycles. The van der Waals surface area contributed by atoms with Crippen LogP contribution in [-0.2, 0) is 0 Å². The minimum atomic E-state index is -1.17. The van der Waals surface area contributed by atoms with Crippen LogP contribution in [0.2, 0.25) is 0 Å². The van der Waals surface area contributed by atoms with E-state index in [0.29, 0.717) is 11.3 Å². The Morgan fingerprint density at radius 3 is 2.22 bits per heavy atom. The second-order valence-corrected chi connectivity index (χ2v) is 6.41. The number of carbonyl (C=O) groups excluding carboxylic acids is 2. The normalized spacial score (nSPS) is 12.3. The van der Waals surface area contributed by atoms with Gasteiger partial charge in [0.15, 0.2) is 11.6 Å². The third kappa shape index (κ3) is 2.69. The smallest absolute Gasteiger partial charge is 0.337 e. The predicted molar refractivity (Wildman–Crippen MR) is 101 cm³/mol. The maximum Gasteiger partial charge on any atom is 0.337 e. The first-order valence-electron chi connectivity index (χ1n) is 8.40. The molecule has 5 heteroatoms. The summed E-state index contributed by atoms with van der Waals surface area (Å²) in [6, 6.07) is 16.7. The van der Waals surface area contributed by atoms with E-state index in [9.17, 15) is 19.5 Å². The Bertz CT molecular complexity index is 1130. The number of carboxylic acid groups (broad SMARTS) is 1. The van der Waals surface area contributed by atoms with E-state index in [4.69, 9.17) is 0 Å². The summed E-state index contributed by atoms with van der Waals surface area (Å²) in [5, 5.41) is 12.7. The van der Waals surface area contributed by atoms with Crippen LogP contribution in [-0.4, -0.2) is 22.6 Å². The molecule has 0 fully saturated rings. The fraction of sp³-hybridized carbons (Fsp3) is 0.0455. The second-order valence-electron chi connectivity index (χ2n) is 6.41. The molecule has 0 aromatic heterocycles. The highest BCUT2D eigenvalue weighted by Crippen LogP contribution is 2.36. The van der Waals surface area contributed by atoms with E-state index in [2.05, 4.69) is 5.32 Å². The van der Waals surface area contributed by atoms with Crippen LogP contribution in [0.25, 0.3) is 0 Å². The first-order chi connectivity index (χ1) is 13.0. The van der Waals surface area contributed by atoms with Gasteiger partial charge in [-0.25, -0.2) is 4.79 Å². The van der Waals surface area contributed by atoms with Crippen LogP contribution in [0.5, 0.6) is 0 Å². The molecule has 0 radical (unpaired) electrons. The lowest BCUT2D eigenvalue weighted by molar-refractivity contribution is 0.0697. The molecular weight excluding hydrogens is 342 g/mol. The van der Waals surface area contributed by atoms with Gasteiger partial charge in [0.1, 0.15) is 0 Å². The molecule has 132 valence electrons. The molecule has 3 aromatic rings. The molecule has 5 nitrogen and oxygen atoms in total. The van der Waals surface area contributed by atoms with Crippen molar-refractivity contribution in [3.05, 3.63) is 94.0 Å². The second kappa shape index (κ2) is 6.21. The topological polar surface area (TPSA) is 83.5 Å². The van der Waals surface area contributed by atoms with Crippen molar-refractivity contribution in [3.8, 4) is 0 Å². The summed E-state index contributed by atoms with van der Waals surface area (Å²) in [4.78, 5) is 37.7. The van der Waals surface area contributed by atoms with Crippen molar-refractivity contribution in [2.45, 2.75) is 6.92 Å². The number of benzene rings is 3. The zero-order valence-electron chi connectivity index (χ0n) is 14.4. The van der Waals surface area contributed by atoms with Gasteiger partial charge in [0.05, 0.1) is 16.8 Å². The molecule has 0 heterocycles. The number of rotatable bonds is 3. The van der Waals surface area contributed by atoms with Gasteiger partial charge in [-0.05, 0) is 36.8 Å². The third-order valence-electron chi connectivity index (χ3n) is 4.61. The lowest BCUT2D eigenvalue weighted by Crippen LogP contribution is -2.23. The summed E-state index contributed by atoms with van der Waals surface area (Å²) in [5.41, 5.74) is 2.62. The maximum absolute atomic E-state index is 13.1. The average molecular weight is 357 g/mol. The van der Waals surface area contributed by atoms with Crippen molar-refractivity contribution in [2.24, 2.45) is 0 Å². The average Bonchev–Trinajstić information content (AvgIpc) is 2.65. The summed E-state index contributed by atoms with van der Waals surface area (Å²) in [6.45, 7) is 1.91. The number of aromatic carboxylic acids is 1. The van der Waals surface area contributed by atoms with Gasteiger partial charge < -0.3 is 10.4 Å². The van der Waals surface area contributed by atoms with Crippen LogP contribution in [0.3, 0.4) is 0 Å². The predicted octanol–water partition coefficient (Wildman–Crippen LogP) is 4.21. The number of anilines is 2. The Labute approximate surface area is 155 Å². The van der Waals surface area contributed by atoms with Crippen LogP contribution in [0.4, 0.5) is 11.4 Å². The summed E-state index contributed by atoms with van der Waals surface area (Å²) >= 11 is 0. The van der Waals surface area contributed by atoms with E-state index >= 15 is 0 Å². The van der Waals surface area contributed by atoms with Crippen LogP contribution < -0.4 is 5.32 Å². The standard InChI is InChI=1S/C22H15NO4/c1-12-5-4-6-13(11-12)23-19-17(22(26)27)10-9-16-18(19)21(25)15-8-3-2-7-14(15)20(16)24/h2-11,23H,1H3,(H,26,27). The fourth-order valence-electron chi connectivity index (χ4n) is 3.36. The quantitative estimate of drug-likeness (QED) is 0.574. The van der Waals surface area contributed by atoms with Crippen LogP contribution in [0.15, 0.2) is 60.7 Å². The number of ketones is 2. The Kier molecular flexibility index (Phi) is 3.85. The van der Waals surface area contributed by atoms with Gasteiger partial charge in [0, 0.05) is 22.4 Å². The monoisotopic (exact) mass is 357 g/mol. The summed E-state index contributed by atoms with van der Waals surface area (Å²) in [7, 11) is 0. The number of carboxylic acids is 1. The van der Waals surface area contributed by atoms with E-state index in [0.717, 1.165) is 5.56 Å². The summed E-state index contributed by atoms with van der Waals surface area (Å²) in [5.74, 6) is -1.82.